The standard InChI is InChI=1S/C16H23NO2S/c1-12(20-14-8-3-2-4-9-14)16(19)17-15-10-6-5-7-13(15)11-18/h2-4,8-9,12-13,15,18H,5-7,10-11H2,1H3,(H,17,19). The molecular weight excluding hydrogens is 270 g/mol. The van der Waals surface area contributed by atoms with Gasteiger partial charge in [0.05, 0.1) is 5.25 Å². The van der Waals surface area contributed by atoms with Crippen LogP contribution < -0.4 is 5.32 Å². The Balaban J connectivity index is 1.87. The van der Waals surface area contributed by atoms with E-state index in [1.807, 2.05) is 37.3 Å². The minimum absolute atomic E-state index is 0.0733. The van der Waals surface area contributed by atoms with Crippen LogP contribution in [0.25, 0.3) is 0 Å². The summed E-state index contributed by atoms with van der Waals surface area (Å²) in [5.74, 6) is 0.297. The third-order valence-corrected chi connectivity index (χ3v) is 5.01. The zero-order chi connectivity index (χ0) is 14.4. The molecular formula is C16H23NO2S. The van der Waals surface area contributed by atoms with Crippen LogP contribution in [-0.2, 0) is 4.79 Å². The molecule has 0 aromatic heterocycles. The van der Waals surface area contributed by atoms with Gasteiger partial charge in [-0.1, -0.05) is 31.0 Å². The molecule has 20 heavy (non-hydrogen) atoms. The lowest BCUT2D eigenvalue weighted by molar-refractivity contribution is -0.121. The van der Waals surface area contributed by atoms with Crippen LogP contribution in [-0.4, -0.2) is 28.9 Å². The zero-order valence-electron chi connectivity index (χ0n) is 11.9. The van der Waals surface area contributed by atoms with E-state index < -0.39 is 0 Å². The monoisotopic (exact) mass is 293 g/mol. The third-order valence-electron chi connectivity index (χ3n) is 3.90. The van der Waals surface area contributed by atoms with Gasteiger partial charge in [0, 0.05) is 23.5 Å². The highest BCUT2D eigenvalue weighted by atomic mass is 32.2. The fraction of sp³-hybridized carbons (Fsp3) is 0.562. The van der Waals surface area contributed by atoms with Crippen LogP contribution in [0.15, 0.2) is 35.2 Å². The van der Waals surface area contributed by atoms with Crippen molar-refractivity contribution in [1.29, 1.82) is 0 Å². The van der Waals surface area contributed by atoms with Crippen LogP contribution in [0.2, 0.25) is 0 Å². The highest BCUT2D eigenvalue weighted by molar-refractivity contribution is 8.00. The molecule has 3 unspecified atom stereocenters. The fourth-order valence-electron chi connectivity index (χ4n) is 2.67. The summed E-state index contributed by atoms with van der Waals surface area (Å²) in [5, 5.41) is 12.4. The van der Waals surface area contributed by atoms with Gasteiger partial charge in [-0.05, 0) is 31.9 Å². The quantitative estimate of drug-likeness (QED) is 0.821. The summed E-state index contributed by atoms with van der Waals surface area (Å²) in [6.07, 6.45) is 4.30. The minimum atomic E-state index is -0.112. The lowest BCUT2D eigenvalue weighted by atomic mass is 9.85. The molecule has 0 aliphatic heterocycles. The van der Waals surface area contributed by atoms with Gasteiger partial charge in [0.1, 0.15) is 0 Å². The van der Waals surface area contributed by atoms with Crippen molar-refractivity contribution in [3.63, 3.8) is 0 Å². The number of hydrogen-bond acceptors (Lipinski definition) is 3. The molecule has 1 aromatic carbocycles. The molecule has 0 saturated heterocycles. The van der Waals surface area contributed by atoms with Gasteiger partial charge in [-0.3, -0.25) is 4.79 Å². The molecule has 1 amide bonds. The summed E-state index contributed by atoms with van der Waals surface area (Å²) in [7, 11) is 0. The number of rotatable bonds is 5. The Morgan fingerprint density at radius 1 is 1.35 bits per heavy atom. The van der Waals surface area contributed by atoms with Gasteiger partial charge in [-0.15, -0.1) is 11.8 Å². The fourth-order valence-corrected chi connectivity index (χ4v) is 3.57. The maximum absolute atomic E-state index is 12.3. The summed E-state index contributed by atoms with van der Waals surface area (Å²) in [6.45, 7) is 2.11. The highest BCUT2D eigenvalue weighted by Crippen LogP contribution is 2.26. The number of hydrogen-bond donors (Lipinski definition) is 2. The molecule has 110 valence electrons. The summed E-state index contributed by atoms with van der Waals surface area (Å²) in [6, 6.07) is 10.1. The number of amides is 1. The molecule has 3 nitrogen and oxygen atoms in total. The van der Waals surface area contributed by atoms with Crippen molar-refractivity contribution in [2.24, 2.45) is 5.92 Å². The Labute approximate surface area is 125 Å². The van der Waals surface area contributed by atoms with E-state index in [1.165, 1.54) is 0 Å². The van der Waals surface area contributed by atoms with Crippen molar-refractivity contribution in [3.8, 4) is 0 Å². The molecule has 2 rings (SSSR count). The number of aliphatic hydroxyl groups is 1. The maximum Gasteiger partial charge on any atom is 0.233 e. The van der Waals surface area contributed by atoms with E-state index in [1.54, 1.807) is 11.8 Å². The molecule has 0 heterocycles. The van der Waals surface area contributed by atoms with Crippen molar-refractivity contribution in [1.82, 2.24) is 5.32 Å². The van der Waals surface area contributed by atoms with Crippen LogP contribution in [0.5, 0.6) is 0 Å². The highest BCUT2D eigenvalue weighted by Gasteiger charge is 2.27. The van der Waals surface area contributed by atoms with E-state index in [-0.39, 0.29) is 29.7 Å². The SMILES string of the molecule is CC(Sc1ccccc1)C(=O)NC1CCCCC1CO. The van der Waals surface area contributed by atoms with Crippen LogP contribution >= 0.6 is 11.8 Å². The van der Waals surface area contributed by atoms with E-state index in [4.69, 9.17) is 0 Å². The third kappa shape index (κ3) is 4.25. The normalized spacial score (nSPS) is 24.1. The molecule has 0 radical (unpaired) electrons. The molecule has 1 fully saturated rings. The van der Waals surface area contributed by atoms with E-state index in [0.717, 1.165) is 30.6 Å². The van der Waals surface area contributed by atoms with Crippen LogP contribution in [0.3, 0.4) is 0 Å². The molecule has 2 N–H and O–H groups in total. The van der Waals surface area contributed by atoms with Gasteiger partial charge in [0.2, 0.25) is 5.91 Å². The Hall–Kier alpha value is -1.00. The van der Waals surface area contributed by atoms with Gasteiger partial charge in [-0.25, -0.2) is 0 Å². The second kappa shape index (κ2) is 7.70. The first-order valence-corrected chi connectivity index (χ1v) is 8.21. The molecule has 1 aliphatic rings. The zero-order valence-corrected chi connectivity index (χ0v) is 12.7. The molecule has 1 aromatic rings. The van der Waals surface area contributed by atoms with Crippen LogP contribution in [0, 0.1) is 5.92 Å². The van der Waals surface area contributed by atoms with E-state index in [0.29, 0.717) is 0 Å². The minimum Gasteiger partial charge on any atom is -0.396 e. The first-order chi connectivity index (χ1) is 9.70. The number of benzene rings is 1. The molecule has 0 bridgehead atoms. The Morgan fingerprint density at radius 2 is 2.05 bits per heavy atom. The van der Waals surface area contributed by atoms with Crippen molar-refractivity contribution in [2.75, 3.05) is 6.61 Å². The molecule has 3 atom stereocenters. The predicted molar refractivity (Wildman–Crippen MR) is 82.7 cm³/mol. The van der Waals surface area contributed by atoms with Crippen LogP contribution in [0.4, 0.5) is 0 Å². The van der Waals surface area contributed by atoms with Gasteiger partial charge in [0.25, 0.3) is 0 Å². The van der Waals surface area contributed by atoms with Crippen LogP contribution in [0.1, 0.15) is 32.6 Å². The second-order valence-corrected chi connectivity index (χ2v) is 6.83. The number of thioether (sulfide) groups is 1. The maximum atomic E-state index is 12.3. The molecule has 1 aliphatic carbocycles. The average molecular weight is 293 g/mol. The average Bonchev–Trinajstić information content (AvgIpc) is 2.48. The first kappa shape index (κ1) is 15.4. The van der Waals surface area contributed by atoms with Gasteiger partial charge in [0.15, 0.2) is 0 Å². The molecule has 1 saturated carbocycles. The number of carbonyl (C=O) groups excluding carboxylic acids is 1. The number of aliphatic hydroxyl groups excluding tert-OH is 1. The smallest absolute Gasteiger partial charge is 0.233 e. The van der Waals surface area contributed by atoms with Crippen molar-refractivity contribution < 1.29 is 9.90 Å². The second-order valence-electron chi connectivity index (χ2n) is 5.42. The number of carbonyl (C=O) groups is 1. The Morgan fingerprint density at radius 3 is 2.75 bits per heavy atom. The summed E-state index contributed by atoms with van der Waals surface area (Å²) in [5.41, 5.74) is 0. The van der Waals surface area contributed by atoms with E-state index in [2.05, 4.69) is 5.32 Å². The van der Waals surface area contributed by atoms with Gasteiger partial charge in [-0.2, -0.15) is 0 Å². The Bertz CT molecular complexity index is 424. The van der Waals surface area contributed by atoms with Crippen molar-refractivity contribution >= 4 is 17.7 Å². The topological polar surface area (TPSA) is 49.3 Å². The molecule has 0 spiro atoms. The van der Waals surface area contributed by atoms with Gasteiger partial charge < -0.3 is 10.4 Å². The van der Waals surface area contributed by atoms with Crippen molar-refractivity contribution in [3.05, 3.63) is 30.3 Å². The lowest BCUT2D eigenvalue weighted by Gasteiger charge is -2.31. The number of nitrogens with one attached hydrogen (secondary N) is 1. The summed E-state index contributed by atoms with van der Waals surface area (Å²) < 4.78 is 0. The largest absolute Gasteiger partial charge is 0.396 e. The summed E-state index contributed by atoms with van der Waals surface area (Å²) >= 11 is 1.57. The van der Waals surface area contributed by atoms with E-state index in [9.17, 15) is 9.90 Å². The Kier molecular flexibility index (Phi) is 5.92. The lowest BCUT2D eigenvalue weighted by Crippen LogP contribution is -2.46. The summed E-state index contributed by atoms with van der Waals surface area (Å²) in [4.78, 5) is 13.4. The van der Waals surface area contributed by atoms with E-state index >= 15 is 0 Å². The van der Waals surface area contributed by atoms with Crippen molar-refractivity contribution in [2.45, 2.75) is 48.8 Å². The molecule has 4 heteroatoms. The van der Waals surface area contributed by atoms with Gasteiger partial charge >= 0.3 is 0 Å². The first-order valence-electron chi connectivity index (χ1n) is 7.33. The predicted octanol–water partition coefficient (Wildman–Crippen LogP) is 2.83.